The largest absolute Gasteiger partial charge is 0.354 e. The van der Waals surface area contributed by atoms with E-state index in [9.17, 15) is 4.79 Å². The third-order valence-electron chi connectivity index (χ3n) is 4.29. The zero-order chi connectivity index (χ0) is 18.4. The maximum absolute atomic E-state index is 11.1. The van der Waals surface area contributed by atoms with E-state index < -0.39 is 0 Å². The van der Waals surface area contributed by atoms with E-state index in [2.05, 4.69) is 65.6 Å². The molecule has 1 aromatic heterocycles. The van der Waals surface area contributed by atoms with Gasteiger partial charge in [-0.15, -0.1) is 0 Å². The van der Waals surface area contributed by atoms with Gasteiger partial charge in [0.1, 0.15) is 0 Å². The molecule has 0 bridgehead atoms. The minimum atomic E-state index is 0.00162. The Morgan fingerprint density at radius 2 is 1.60 bits per heavy atom. The Morgan fingerprint density at radius 3 is 2.12 bits per heavy atom. The molecule has 0 radical (unpaired) electrons. The number of rotatable bonds is 7. The van der Waals surface area contributed by atoms with Gasteiger partial charge in [0.05, 0.1) is 0 Å². The van der Waals surface area contributed by atoms with Crippen molar-refractivity contribution < 1.29 is 4.79 Å². The van der Waals surface area contributed by atoms with Gasteiger partial charge in [-0.05, 0) is 37.3 Å². The second kappa shape index (κ2) is 8.60. The van der Waals surface area contributed by atoms with Crippen molar-refractivity contribution in [2.75, 3.05) is 5.32 Å². The zero-order valence-electron chi connectivity index (χ0n) is 15.7. The van der Waals surface area contributed by atoms with E-state index in [4.69, 9.17) is 0 Å². The first-order valence-corrected chi connectivity index (χ1v) is 8.80. The Bertz CT molecular complexity index is 680. The summed E-state index contributed by atoms with van der Waals surface area (Å²) < 4.78 is 0. The lowest BCUT2D eigenvalue weighted by molar-refractivity contribution is -0.119. The molecule has 2 N–H and O–H groups in total. The summed E-state index contributed by atoms with van der Waals surface area (Å²) in [5.41, 5.74) is 3.26. The molecule has 5 heteroatoms. The van der Waals surface area contributed by atoms with E-state index in [-0.39, 0.29) is 11.9 Å². The molecule has 2 rings (SSSR count). The lowest BCUT2D eigenvalue weighted by Gasteiger charge is -2.17. The van der Waals surface area contributed by atoms with Gasteiger partial charge in [-0.1, -0.05) is 38.1 Å². The summed E-state index contributed by atoms with van der Waals surface area (Å²) in [4.78, 5) is 19.9. The molecule has 2 atom stereocenters. The molecule has 2 aromatic rings. The monoisotopic (exact) mass is 340 g/mol. The maximum Gasteiger partial charge on any atom is 0.222 e. The number of nitrogens with zero attached hydrogens (tertiary/aromatic N) is 2. The van der Waals surface area contributed by atoms with E-state index in [1.54, 1.807) is 6.92 Å². The standard InChI is InChI=1S/C20H28N4O/c1-13(2)15(4)24-20-21-11-19(12-22-20)18-8-6-17(7-9-18)10-14(3)23-16(5)25/h6-9,11-15H,10H2,1-5H3,(H,23,25)(H,21,22,24). The molecule has 1 aromatic carbocycles. The third-order valence-corrected chi connectivity index (χ3v) is 4.29. The molecule has 0 aliphatic heterocycles. The SMILES string of the molecule is CC(=O)NC(C)Cc1ccc(-c2cnc(NC(C)C(C)C)nc2)cc1. The van der Waals surface area contributed by atoms with Gasteiger partial charge in [0.25, 0.3) is 0 Å². The van der Waals surface area contributed by atoms with Crippen LogP contribution in [0, 0.1) is 5.92 Å². The van der Waals surface area contributed by atoms with Crippen molar-refractivity contribution >= 4 is 11.9 Å². The quantitative estimate of drug-likeness (QED) is 0.807. The molecule has 0 saturated heterocycles. The Balaban J connectivity index is 2.01. The molecule has 25 heavy (non-hydrogen) atoms. The van der Waals surface area contributed by atoms with Crippen LogP contribution in [0.4, 0.5) is 5.95 Å². The van der Waals surface area contributed by atoms with Crippen molar-refractivity contribution in [2.45, 2.75) is 53.1 Å². The highest BCUT2D eigenvalue weighted by molar-refractivity contribution is 5.73. The number of anilines is 1. The van der Waals surface area contributed by atoms with Crippen LogP contribution < -0.4 is 10.6 Å². The van der Waals surface area contributed by atoms with Gasteiger partial charge in [0.2, 0.25) is 11.9 Å². The number of carbonyl (C=O) groups is 1. The predicted octanol–water partition coefficient (Wildman–Crippen LogP) is 3.67. The smallest absolute Gasteiger partial charge is 0.222 e. The third kappa shape index (κ3) is 5.85. The molecule has 0 aliphatic rings. The fourth-order valence-electron chi connectivity index (χ4n) is 2.51. The summed E-state index contributed by atoms with van der Waals surface area (Å²) in [7, 11) is 0. The van der Waals surface area contributed by atoms with Crippen LogP contribution in [0.5, 0.6) is 0 Å². The summed E-state index contributed by atoms with van der Waals surface area (Å²) in [6.07, 6.45) is 4.50. The van der Waals surface area contributed by atoms with Crippen molar-refractivity contribution in [3.05, 3.63) is 42.2 Å². The Labute approximate surface area is 150 Å². The molecule has 1 heterocycles. The van der Waals surface area contributed by atoms with Crippen LogP contribution in [0.25, 0.3) is 11.1 Å². The van der Waals surface area contributed by atoms with Crippen LogP contribution in [0.3, 0.4) is 0 Å². The van der Waals surface area contributed by atoms with E-state index >= 15 is 0 Å². The minimum Gasteiger partial charge on any atom is -0.354 e. The van der Waals surface area contributed by atoms with E-state index in [1.807, 2.05) is 19.3 Å². The summed E-state index contributed by atoms with van der Waals surface area (Å²) in [6, 6.07) is 8.76. The van der Waals surface area contributed by atoms with Crippen molar-refractivity contribution in [2.24, 2.45) is 5.92 Å². The molecule has 1 amide bonds. The molecular formula is C20H28N4O. The average molecular weight is 340 g/mol. The summed E-state index contributed by atoms with van der Waals surface area (Å²) in [5.74, 6) is 1.18. The molecule has 0 saturated carbocycles. The van der Waals surface area contributed by atoms with Gasteiger partial charge in [-0.3, -0.25) is 4.79 Å². The van der Waals surface area contributed by atoms with Crippen LogP contribution in [-0.4, -0.2) is 28.0 Å². The van der Waals surface area contributed by atoms with Crippen LogP contribution in [-0.2, 0) is 11.2 Å². The Morgan fingerprint density at radius 1 is 1.00 bits per heavy atom. The normalized spacial score (nSPS) is 13.4. The summed E-state index contributed by atoms with van der Waals surface area (Å²) >= 11 is 0. The molecule has 0 aliphatic carbocycles. The predicted molar refractivity (Wildman–Crippen MR) is 102 cm³/mol. The Hall–Kier alpha value is -2.43. The lowest BCUT2D eigenvalue weighted by Crippen LogP contribution is -2.31. The van der Waals surface area contributed by atoms with Gasteiger partial charge in [-0.25, -0.2) is 9.97 Å². The van der Waals surface area contributed by atoms with Gasteiger partial charge in [-0.2, -0.15) is 0 Å². The fourth-order valence-corrected chi connectivity index (χ4v) is 2.51. The first kappa shape index (κ1) is 18.9. The highest BCUT2D eigenvalue weighted by atomic mass is 16.1. The number of hydrogen-bond acceptors (Lipinski definition) is 4. The number of benzene rings is 1. The second-order valence-corrected chi connectivity index (χ2v) is 6.97. The summed E-state index contributed by atoms with van der Waals surface area (Å²) in [5, 5.41) is 6.21. The molecular weight excluding hydrogens is 312 g/mol. The molecule has 5 nitrogen and oxygen atoms in total. The molecule has 0 spiro atoms. The molecule has 0 fully saturated rings. The van der Waals surface area contributed by atoms with Gasteiger partial charge in [0.15, 0.2) is 0 Å². The highest BCUT2D eigenvalue weighted by Gasteiger charge is 2.09. The molecule has 134 valence electrons. The van der Waals surface area contributed by atoms with Crippen LogP contribution >= 0.6 is 0 Å². The van der Waals surface area contributed by atoms with E-state index in [0.29, 0.717) is 17.9 Å². The maximum atomic E-state index is 11.1. The summed E-state index contributed by atoms with van der Waals surface area (Å²) in [6.45, 7) is 10.0. The van der Waals surface area contributed by atoms with Gasteiger partial charge < -0.3 is 10.6 Å². The highest BCUT2D eigenvalue weighted by Crippen LogP contribution is 2.20. The van der Waals surface area contributed by atoms with Crippen LogP contribution in [0.2, 0.25) is 0 Å². The fraction of sp³-hybridized carbons (Fsp3) is 0.450. The van der Waals surface area contributed by atoms with E-state index in [0.717, 1.165) is 17.5 Å². The second-order valence-electron chi connectivity index (χ2n) is 6.97. The minimum absolute atomic E-state index is 0.00162. The van der Waals surface area contributed by atoms with Crippen LogP contribution in [0.1, 0.15) is 40.2 Å². The number of nitrogens with one attached hydrogen (secondary N) is 2. The number of amides is 1. The van der Waals surface area contributed by atoms with Crippen molar-refractivity contribution in [3.8, 4) is 11.1 Å². The number of aromatic nitrogens is 2. The van der Waals surface area contributed by atoms with Crippen LogP contribution in [0.15, 0.2) is 36.7 Å². The van der Waals surface area contributed by atoms with Crippen molar-refractivity contribution in [1.82, 2.24) is 15.3 Å². The topological polar surface area (TPSA) is 66.9 Å². The first-order chi connectivity index (χ1) is 11.8. The van der Waals surface area contributed by atoms with Crippen molar-refractivity contribution in [1.29, 1.82) is 0 Å². The molecule has 2 unspecified atom stereocenters. The number of carbonyl (C=O) groups excluding carboxylic acids is 1. The van der Waals surface area contributed by atoms with Gasteiger partial charge in [0, 0.05) is 37.0 Å². The van der Waals surface area contributed by atoms with E-state index in [1.165, 1.54) is 5.56 Å². The average Bonchev–Trinajstić information content (AvgIpc) is 2.55. The zero-order valence-corrected chi connectivity index (χ0v) is 15.7. The first-order valence-electron chi connectivity index (χ1n) is 8.80. The van der Waals surface area contributed by atoms with Crippen molar-refractivity contribution in [3.63, 3.8) is 0 Å². The number of hydrogen-bond donors (Lipinski definition) is 2. The lowest BCUT2D eigenvalue weighted by atomic mass is 10.0. The Kier molecular flexibility index (Phi) is 6.51. The van der Waals surface area contributed by atoms with Gasteiger partial charge >= 0.3 is 0 Å².